The minimum absolute atomic E-state index is 0.406. The quantitative estimate of drug-likeness (QED) is 0.366. The minimum Gasteiger partial charge on any atom is -0.344 e. The molecule has 0 heterocycles. The van der Waals surface area contributed by atoms with E-state index in [-0.39, 0.29) is 0 Å². The van der Waals surface area contributed by atoms with Crippen LogP contribution < -0.4 is 0 Å². The molecule has 0 aliphatic heterocycles. The van der Waals surface area contributed by atoms with Crippen LogP contribution in [-0.4, -0.2) is 23.3 Å². The van der Waals surface area contributed by atoms with Crippen molar-refractivity contribution >= 4 is 13.4 Å². The summed E-state index contributed by atoms with van der Waals surface area (Å²) in [5.41, 5.74) is 0. The lowest BCUT2D eigenvalue weighted by Crippen LogP contribution is -1.84. The van der Waals surface area contributed by atoms with Gasteiger partial charge in [0, 0.05) is 12.3 Å². The van der Waals surface area contributed by atoms with Crippen LogP contribution in [0.2, 0.25) is 0 Å². The molecule has 0 aromatic carbocycles. The third kappa shape index (κ3) is 10.5. The normalized spacial score (nSPS) is 9.10. The summed E-state index contributed by atoms with van der Waals surface area (Å²) in [5.74, 6) is 0. The largest absolute Gasteiger partial charge is 0.344 e. The van der Waals surface area contributed by atoms with E-state index in [4.69, 9.17) is 15.1 Å². The van der Waals surface area contributed by atoms with Crippen molar-refractivity contribution in [3.8, 4) is 0 Å². The first-order valence-corrected chi connectivity index (χ1v) is 4.91. The topological polar surface area (TPSA) is 78.2 Å². The molecule has 0 aliphatic rings. The third-order valence-corrected chi connectivity index (χ3v) is 2.96. The first-order chi connectivity index (χ1) is 4.54. The summed E-state index contributed by atoms with van der Waals surface area (Å²) in [6.07, 6.45) is 1.56. The molecular formula is C5H12NO3P. The molecule has 0 amide bonds. The second kappa shape index (κ2) is 6.69. The van der Waals surface area contributed by atoms with Crippen LogP contribution in [-0.2, 0) is 9.36 Å². The van der Waals surface area contributed by atoms with Crippen molar-refractivity contribution in [3.05, 3.63) is 0 Å². The molecule has 0 rings (SSSR count). The van der Waals surface area contributed by atoms with Crippen LogP contribution >= 0.6 is 7.37 Å². The molecule has 0 fully saturated rings. The summed E-state index contributed by atoms with van der Waals surface area (Å²) in [4.78, 5) is 17.0. The van der Waals surface area contributed by atoms with Gasteiger partial charge < -0.3 is 4.89 Å². The van der Waals surface area contributed by atoms with Gasteiger partial charge in [-0.3, -0.25) is 4.57 Å². The van der Waals surface area contributed by atoms with Gasteiger partial charge in [0.2, 0.25) is 6.08 Å². The van der Waals surface area contributed by atoms with Gasteiger partial charge in [0.25, 0.3) is 0 Å². The van der Waals surface area contributed by atoms with Crippen LogP contribution in [0, 0.1) is 5.41 Å². The summed E-state index contributed by atoms with van der Waals surface area (Å²) in [7, 11) is -2.65. The predicted molar refractivity (Wildman–Crippen MR) is 39.3 cm³/mol. The van der Waals surface area contributed by atoms with Crippen LogP contribution in [0.1, 0.15) is 13.8 Å². The highest BCUT2D eigenvalue weighted by molar-refractivity contribution is 7.57. The summed E-state index contributed by atoms with van der Waals surface area (Å²) in [6, 6.07) is 0. The average Bonchev–Trinajstić information content (AvgIpc) is 1.90. The van der Waals surface area contributed by atoms with Crippen molar-refractivity contribution in [3.63, 3.8) is 0 Å². The number of rotatable bonds is 2. The highest BCUT2D eigenvalue weighted by Crippen LogP contribution is 2.38. The molecule has 0 aromatic heterocycles. The van der Waals surface area contributed by atoms with E-state index in [2.05, 4.69) is 0 Å². The monoisotopic (exact) mass is 165 g/mol. The second-order valence-corrected chi connectivity index (χ2v) is 4.54. The Morgan fingerprint density at radius 3 is 1.70 bits per heavy atom. The Bertz CT molecular complexity index is 143. The Morgan fingerprint density at radius 1 is 1.50 bits per heavy atom. The van der Waals surface area contributed by atoms with Gasteiger partial charge in [-0.25, -0.2) is 10.2 Å². The molecule has 0 saturated heterocycles. The van der Waals surface area contributed by atoms with Crippen molar-refractivity contribution in [2.45, 2.75) is 13.8 Å². The van der Waals surface area contributed by atoms with Crippen LogP contribution in [0.4, 0.5) is 0 Å². The number of isocyanates is 1. The Morgan fingerprint density at radius 2 is 1.70 bits per heavy atom. The molecule has 0 bridgehead atoms. The number of carbonyl (C=O) groups excluding carboxylic acids is 1. The summed E-state index contributed by atoms with van der Waals surface area (Å²) in [5, 5.41) is 5.40. The van der Waals surface area contributed by atoms with Gasteiger partial charge >= 0.3 is 0 Å². The molecule has 10 heavy (non-hydrogen) atoms. The zero-order valence-corrected chi connectivity index (χ0v) is 7.02. The van der Waals surface area contributed by atoms with Gasteiger partial charge in [0.1, 0.15) is 0 Å². The van der Waals surface area contributed by atoms with Crippen molar-refractivity contribution < 1.29 is 14.3 Å². The first kappa shape index (κ1) is 12.3. The molecule has 0 spiro atoms. The van der Waals surface area contributed by atoms with E-state index >= 15 is 0 Å². The Balaban J connectivity index is 0. The highest BCUT2D eigenvalue weighted by atomic mass is 31.2. The minimum atomic E-state index is -2.65. The summed E-state index contributed by atoms with van der Waals surface area (Å²) in [6.45, 7) is 3.45. The Labute approximate surface area is 60.2 Å². The van der Waals surface area contributed by atoms with E-state index in [0.717, 1.165) is 6.08 Å². The molecule has 60 valence electrons. The van der Waals surface area contributed by atoms with Gasteiger partial charge in [-0.1, -0.05) is 13.8 Å². The Kier molecular flexibility index (Phi) is 8.20. The maximum Gasteiger partial charge on any atom is 0.231 e. The van der Waals surface area contributed by atoms with Crippen LogP contribution in [0.5, 0.6) is 0 Å². The molecule has 5 heteroatoms. The van der Waals surface area contributed by atoms with E-state index in [1.807, 2.05) is 0 Å². The maximum absolute atomic E-state index is 10.5. The highest BCUT2D eigenvalue weighted by Gasteiger charge is 2.08. The molecule has 2 N–H and O–H groups in total. The van der Waals surface area contributed by atoms with Crippen molar-refractivity contribution in [2.75, 3.05) is 12.3 Å². The molecule has 4 nitrogen and oxygen atoms in total. The molecule has 0 aliphatic carbocycles. The van der Waals surface area contributed by atoms with Gasteiger partial charge in [-0.15, -0.1) is 0 Å². The lowest BCUT2D eigenvalue weighted by atomic mass is 11.0. The second-order valence-electron chi connectivity index (χ2n) is 1.58. The summed E-state index contributed by atoms with van der Waals surface area (Å²) >= 11 is 0. The van der Waals surface area contributed by atoms with E-state index in [0.29, 0.717) is 12.3 Å². The van der Waals surface area contributed by atoms with Gasteiger partial charge in [-0.05, 0) is 0 Å². The fourth-order valence-electron chi connectivity index (χ4n) is 0.224. The number of nitrogens with one attached hydrogen (secondary N) is 1. The number of hydrogen-bond donors (Lipinski definition) is 2. The SMILES string of the molecule is CCP(=O)(O)CC.N=C=O. The van der Waals surface area contributed by atoms with E-state index < -0.39 is 7.37 Å². The number of hydrogen-bond acceptors (Lipinski definition) is 3. The van der Waals surface area contributed by atoms with E-state index in [1.165, 1.54) is 0 Å². The zero-order valence-electron chi connectivity index (χ0n) is 6.13. The zero-order chi connectivity index (χ0) is 8.62. The third-order valence-electron chi connectivity index (χ3n) is 0.988. The Hall–Kier alpha value is -0.430. The van der Waals surface area contributed by atoms with Crippen molar-refractivity contribution in [1.29, 1.82) is 5.41 Å². The smallest absolute Gasteiger partial charge is 0.231 e. The maximum atomic E-state index is 10.5. The molecule has 0 saturated carbocycles. The van der Waals surface area contributed by atoms with Gasteiger partial charge in [0.05, 0.1) is 0 Å². The average molecular weight is 165 g/mol. The fraction of sp³-hybridized carbons (Fsp3) is 0.800. The molecular weight excluding hydrogens is 153 g/mol. The van der Waals surface area contributed by atoms with Crippen LogP contribution in [0.15, 0.2) is 0 Å². The lowest BCUT2D eigenvalue weighted by Gasteiger charge is -2.01. The van der Waals surface area contributed by atoms with Crippen LogP contribution in [0.25, 0.3) is 0 Å². The lowest BCUT2D eigenvalue weighted by molar-refractivity contribution is 0.481. The van der Waals surface area contributed by atoms with Crippen molar-refractivity contribution in [2.24, 2.45) is 0 Å². The standard InChI is InChI=1S/C4H11O2P.CHNO/c1-3-7(5,6)4-2;2-1-3/h3-4H2,1-2H3,(H,5,6);2H. The van der Waals surface area contributed by atoms with E-state index in [1.54, 1.807) is 13.8 Å². The van der Waals surface area contributed by atoms with Crippen LogP contribution in [0.3, 0.4) is 0 Å². The fourth-order valence-corrected chi connectivity index (χ4v) is 0.671. The molecule has 0 radical (unpaired) electrons. The van der Waals surface area contributed by atoms with E-state index in [9.17, 15) is 4.57 Å². The first-order valence-electron chi connectivity index (χ1n) is 2.88. The summed E-state index contributed by atoms with van der Waals surface area (Å²) < 4.78 is 10.5. The molecule has 0 aromatic rings. The molecule has 0 unspecified atom stereocenters. The van der Waals surface area contributed by atoms with Crippen molar-refractivity contribution in [1.82, 2.24) is 0 Å². The molecule has 0 atom stereocenters. The van der Waals surface area contributed by atoms with Gasteiger partial charge in [0.15, 0.2) is 7.37 Å². The predicted octanol–water partition coefficient (Wildman–Crippen LogP) is 1.20. The van der Waals surface area contributed by atoms with Gasteiger partial charge in [-0.2, -0.15) is 0 Å².